The molecule has 1 aromatic carbocycles. The van der Waals surface area contributed by atoms with Gasteiger partial charge in [-0.15, -0.1) is 5.10 Å². The van der Waals surface area contributed by atoms with Crippen molar-refractivity contribution in [2.24, 2.45) is 0 Å². The number of aromatic nitrogens is 3. The number of nitrogens with zero attached hydrogens (tertiary/aromatic N) is 3. The summed E-state index contributed by atoms with van der Waals surface area (Å²) in [6.45, 7) is 2.03. The lowest BCUT2D eigenvalue weighted by Crippen LogP contribution is -1.87. The zero-order valence-corrected chi connectivity index (χ0v) is 10.0. The van der Waals surface area contributed by atoms with Crippen LogP contribution in [0.1, 0.15) is 5.56 Å². The maximum absolute atomic E-state index is 5.87. The van der Waals surface area contributed by atoms with Crippen LogP contribution in [0.3, 0.4) is 0 Å². The summed E-state index contributed by atoms with van der Waals surface area (Å²) in [7, 11) is 0. The van der Waals surface area contributed by atoms with Crippen LogP contribution in [0.15, 0.2) is 42.6 Å². The normalized spacial score (nSPS) is 10.9. The van der Waals surface area contributed by atoms with Crippen LogP contribution in [0.2, 0.25) is 5.02 Å². The van der Waals surface area contributed by atoms with Crippen molar-refractivity contribution in [3.8, 4) is 11.3 Å². The van der Waals surface area contributed by atoms with Crippen LogP contribution < -0.4 is 0 Å². The first kappa shape index (κ1) is 10.3. The van der Waals surface area contributed by atoms with E-state index in [2.05, 4.69) is 16.4 Å². The molecule has 0 aliphatic heterocycles. The van der Waals surface area contributed by atoms with Gasteiger partial charge in [0.15, 0.2) is 0 Å². The van der Waals surface area contributed by atoms with E-state index < -0.39 is 0 Å². The highest BCUT2D eigenvalue weighted by molar-refractivity contribution is 6.30. The number of rotatable bonds is 1. The average molecular weight is 244 g/mol. The Morgan fingerprint density at radius 1 is 1.06 bits per heavy atom. The van der Waals surface area contributed by atoms with Crippen LogP contribution in [0, 0.1) is 6.92 Å². The third kappa shape index (κ3) is 1.78. The molecule has 0 aliphatic rings. The largest absolute Gasteiger partial charge is 0.220 e. The molecule has 3 nitrogen and oxygen atoms in total. The molecule has 0 atom stereocenters. The topological polar surface area (TPSA) is 30.2 Å². The van der Waals surface area contributed by atoms with Gasteiger partial charge in [-0.25, -0.2) is 4.52 Å². The van der Waals surface area contributed by atoms with Gasteiger partial charge in [0.2, 0.25) is 0 Å². The maximum Gasteiger partial charge on any atom is 0.120 e. The van der Waals surface area contributed by atoms with Crippen molar-refractivity contribution >= 4 is 17.1 Å². The Morgan fingerprint density at radius 2 is 1.82 bits per heavy atom. The Balaban J connectivity index is 2.21. The van der Waals surface area contributed by atoms with E-state index in [-0.39, 0.29) is 0 Å². The molecule has 4 heteroatoms. The highest BCUT2D eigenvalue weighted by atomic mass is 35.5. The standard InChI is InChI=1S/C13H10ClN3/c1-9-2-7-12-13(15-16-17(12)8-9)10-3-5-11(14)6-4-10/h2-8H,1H3. The molecule has 0 spiro atoms. The fraction of sp³-hybridized carbons (Fsp3) is 0.0769. The Bertz CT molecular complexity index is 671. The molecule has 2 aromatic heterocycles. The van der Waals surface area contributed by atoms with Crippen LogP contribution in [0.5, 0.6) is 0 Å². The van der Waals surface area contributed by atoms with Crippen molar-refractivity contribution in [2.75, 3.05) is 0 Å². The summed E-state index contributed by atoms with van der Waals surface area (Å²) < 4.78 is 1.79. The zero-order chi connectivity index (χ0) is 11.8. The fourth-order valence-electron chi connectivity index (χ4n) is 1.81. The van der Waals surface area contributed by atoms with Gasteiger partial charge in [0.1, 0.15) is 5.69 Å². The Hall–Kier alpha value is -1.87. The minimum Gasteiger partial charge on any atom is -0.220 e. The Morgan fingerprint density at radius 3 is 2.59 bits per heavy atom. The van der Waals surface area contributed by atoms with Gasteiger partial charge in [-0.05, 0) is 30.7 Å². The summed E-state index contributed by atoms with van der Waals surface area (Å²) in [5.41, 5.74) is 4.05. The number of hydrogen-bond donors (Lipinski definition) is 0. The number of pyridine rings is 1. The van der Waals surface area contributed by atoms with Crippen molar-refractivity contribution in [3.63, 3.8) is 0 Å². The maximum atomic E-state index is 5.87. The van der Waals surface area contributed by atoms with E-state index in [1.54, 1.807) is 4.52 Å². The lowest BCUT2D eigenvalue weighted by molar-refractivity contribution is 0.852. The van der Waals surface area contributed by atoms with Crippen molar-refractivity contribution in [2.45, 2.75) is 6.92 Å². The molecule has 0 amide bonds. The molecule has 3 aromatic rings. The summed E-state index contributed by atoms with van der Waals surface area (Å²) in [5, 5.41) is 9.04. The van der Waals surface area contributed by atoms with Gasteiger partial charge in [0.05, 0.1) is 5.52 Å². The van der Waals surface area contributed by atoms with Gasteiger partial charge < -0.3 is 0 Å². The molecule has 0 aliphatic carbocycles. The zero-order valence-electron chi connectivity index (χ0n) is 9.26. The van der Waals surface area contributed by atoms with Crippen molar-refractivity contribution in [1.82, 2.24) is 14.8 Å². The van der Waals surface area contributed by atoms with Crippen LogP contribution in [0.25, 0.3) is 16.8 Å². The molecule has 3 rings (SSSR count). The molecule has 17 heavy (non-hydrogen) atoms. The molecule has 2 heterocycles. The monoisotopic (exact) mass is 243 g/mol. The van der Waals surface area contributed by atoms with Gasteiger partial charge in [-0.1, -0.05) is 35.0 Å². The second-order valence-electron chi connectivity index (χ2n) is 3.98. The lowest BCUT2D eigenvalue weighted by Gasteiger charge is -1.98. The molecule has 0 saturated carbocycles. The number of fused-ring (bicyclic) bond motifs is 1. The highest BCUT2D eigenvalue weighted by Crippen LogP contribution is 2.23. The van der Waals surface area contributed by atoms with Crippen molar-refractivity contribution in [1.29, 1.82) is 0 Å². The summed E-state index contributed by atoms with van der Waals surface area (Å²) in [5.74, 6) is 0. The molecule has 0 bridgehead atoms. The summed E-state index contributed by atoms with van der Waals surface area (Å²) in [6, 6.07) is 11.7. The SMILES string of the molecule is Cc1ccc2c(-c3ccc(Cl)cc3)nnn2c1. The van der Waals surface area contributed by atoms with Crippen LogP contribution in [-0.2, 0) is 0 Å². The fourth-order valence-corrected chi connectivity index (χ4v) is 1.94. The van der Waals surface area contributed by atoms with E-state index in [0.717, 1.165) is 27.4 Å². The predicted molar refractivity (Wildman–Crippen MR) is 68.2 cm³/mol. The van der Waals surface area contributed by atoms with E-state index in [0.29, 0.717) is 0 Å². The van der Waals surface area contributed by atoms with Gasteiger partial charge in [0.25, 0.3) is 0 Å². The molecule has 84 valence electrons. The van der Waals surface area contributed by atoms with Crippen LogP contribution >= 0.6 is 11.6 Å². The lowest BCUT2D eigenvalue weighted by atomic mass is 10.1. The Labute approximate surface area is 104 Å². The third-order valence-corrected chi connectivity index (χ3v) is 2.93. The second-order valence-corrected chi connectivity index (χ2v) is 4.42. The number of benzene rings is 1. The van der Waals surface area contributed by atoms with Gasteiger partial charge in [0, 0.05) is 16.8 Å². The molecule has 0 fully saturated rings. The van der Waals surface area contributed by atoms with Crippen LogP contribution in [-0.4, -0.2) is 14.8 Å². The number of aryl methyl sites for hydroxylation is 1. The average Bonchev–Trinajstić information content (AvgIpc) is 2.73. The van der Waals surface area contributed by atoms with Crippen molar-refractivity contribution < 1.29 is 0 Å². The molecule has 0 N–H and O–H groups in total. The quantitative estimate of drug-likeness (QED) is 0.656. The summed E-state index contributed by atoms with van der Waals surface area (Å²) in [6.07, 6.45) is 1.96. The number of hydrogen-bond acceptors (Lipinski definition) is 2. The summed E-state index contributed by atoms with van der Waals surface area (Å²) >= 11 is 5.87. The minimum atomic E-state index is 0.723. The first-order chi connectivity index (χ1) is 8.24. The Kier molecular flexibility index (Phi) is 2.34. The molecule has 0 radical (unpaired) electrons. The molecular formula is C13H10ClN3. The molecular weight excluding hydrogens is 234 g/mol. The third-order valence-electron chi connectivity index (χ3n) is 2.68. The van der Waals surface area contributed by atoms with Crippen molar-refractivity contribution in [3.05, 3.63) is 53.2 Å². The molecule has 0 unspecified atom stereocenters. The van der Waals surface area contributed by atoms with E-state index in [1.807, 2.05) is 43.5 Å². The number of halogens is 1. The summed E-state index contributed by atoms with van der Waals surface area (Å²) in [4.78, 5) is 0. The van der Waals surface area contributed by atoms with Gasteiger partial charge in [-0.3, -0.25) is 0 Å². The van der Waals surface area contributed by atoms with E-state index >= 15 is 0 Å². The minimum absolute atomic E-state index is 0.723. The molecule has 0 saturated heterocycles. The van der Waals surface area contributed by atoms with Gasteiger partial charge in [-0.2, -0.15) is 0 Å². The highest BCUT2D eigenvalue weighted by Gasteiger charge is 2.07. The van der Waals surface area contributed by atoms with Crippen LogP contribution in [0.4, 0.5) is 0 Å². The van der Waals surface area contributed by atoms with E-state index in [4.69, 9.17) is 11.6 Å². The smallest absolute Gasteiger partial charge is 0.120 e. The van der Waals surface area contributed by atoms with E-state index in [1.165, 1.54) is 0 Å². The van der Waals surface area contributed by atoms with E-state index in [9.17, 15) is 0 Å². The first-order valence-electron chi connectivity index (χ1n) is 5.32. The van der Waals surface area contributed by atoms with Gasteiger partial charge >= 0.3 is 0 Å². The predicted octanol–water partition coefficient (Wildman–Crippen LogP) is 3.36. The first-order valence-corrected chi connectivity index (χ1v) is 5.69. The second kappa shape index (κ2) is 3.86.